The number of nitrogens with two attached hydrogens (primary N) is 1. The van der Waals surface area contributed by atoms with Gasteiger partial charge >= 0.3 is 0 Å². The molecule has 2 aliphatic rings. The Balaban J connectivity index is 1.45. The van der Waals surface area contributed by atoms with Crippen molar-refractivity contribution in [3.05, 3.63) is 59.8 Å². The van der Waals surface area contributed by atoms with E-state index in [4.69, 9.17) is 10.5 Å². The fourth-order valence-corrected chi connectivity index (χ4v) is 5.59. The van der Waals surface area contributed by atoms with E-state index in [1.54, 1.807) is 24.7 Å². The number of carbonyl (C=O) groups excluding carboxylic acids is 1. The molecule has 1 saturated heterocycles. The van der Waals surface area contributed by atoms with Crippen LogP contribution in [0.1, 0.15) is 54.9 Å². The molecule has 0 radical (unpaired) electrons. The largest absolute Gasteiger partial charge is 0.377 e. The van der Waals surface area contributed by atoms with E-state index < -0.39 is 5.82 Å². The van der Waals surface area contributed by atoms with E-state index in [-0.39, 0.29) is 23.9 Å². The summed E-state index contributed by atoms with van der Waals surface area (Å²) in [6.45, 7) is 6.22. The lowest BCUT2D eigenvalue weighted by molar-refractivity contribution is 0.0989. The highest BCUT2D eigenvalue weighted by atomic mass is 19.1. The van der Waals surface area contributed by atoms with E-state index in [2.05, 4.69) is 34.0 Å². The van der Waals surface area contributed by atoms with Crippen LogP contribution in [0.25, 0.3) is 10.9 Å². The van der Waals surface area contributed by atoms with Gasteiger partial charge in [-0.05, 0) is 67.9 Å². The third-order valence-corrected chi connectivity index (χ3v) is 7.25. The van der Waals surface area contributed by atoms with Crippen molar-refractivity contribution in [3.63, 3.8) is 0 Å². The lowest BCUT2D eigenvalue weighted by Gasteiger charge is -2.35. The third-order valence-electron chi connectivity index (χ3n) is 7.25. The number of nitrogens with zero attached hydrogens (tertiary/aromatic N) is 3. The first kappa shape index (κ1) is 23.6. The monoisotopic (exact) mass is 477 g/mol. The minimum Gasteiger partial charge on any atom is -0.377 e. The predicted molar refractivity (Wildman–Crippen MR) is 135 cm³/mol. The van der Waals surface area contributed by atoms with Crippen molar-refractivity contribution in [3.8, 4) is 0 Å². The Hall–Kier alpha value is -3.10. The Morgan fingerprint density at radius 2 is 2.06 bits per heavy atom. The predicted octanol–water partition coefficient (Wildman–Crippen LogP) is 4.48. The molecule has 7 nitrogen and oxygen atoms in total. The van der Waals surface area contributed by atoms with E-state index in [1.165, 1.54) is 12.1 Å². The van der Waals surface area contributed by atoms with Crippen LogP contribution in [0.4, 0.5) is 15.8 Å². The van der Waals surface area contributed by atoms with E-state index in [1.807, 2.05) is 6.07 Å². The van der Waals surface area contributed by atoms with Crippen molar-refractivity contribution in [1.82, 2.24) is 9.97 Å². The van der Waals surface area contributed by atoms with Crippen molar-refractivity contribution >= 4 is 28.2 Å². The van der Waals surface area contributed by atoms with Gasteiger partial charge in [-0.25, -0.2) is 4.39 Å². The maximum atomic E-state index is 14.8. The Labute approximate surface area is 204 Å². The first-order chi connectivity index (χ1) is 16.9. The van der Waals surface area contributed by atoms with E-state index in [0.29, 0.717) is 47.8 Å². The number of anilines is 2. The van der Waals surface area contributed by atoms with Crippen LogP contribution in [0.5, 0.6) is 0 Å². The maximum Gasteiger partial charge on any atom is 0.257 e. The summed E-state index contributed by atoms with van der Waals surface area (Å²) >= 11 is 0. The number of benzene rings is 1. The van der Waals surface area contributed by atoms with Gasteiger partial charge in [-0.3, -0.25) is 14.8 Å². The number of rotatable bonds is 4. The van der Waals surface area contributed by atoms with Gasteiger partial charge in [0.15, 0.2) is 0 Å². The number of aromatic nitrogens is 2. The number of fused-ring (bicyclic) bond motifs is 1. The number of amides is 1. The molecule has 1 aliphatic carbocycles. The number of hydrogen-bond donors (Lipinski definition) is 2. The minimum atomic E-state index is -0.404. The molecule has 184 valence electrons. The van der Waals surface area contributed by atoms with Gasteiger partial charge in [-0.2, -0.15) is 0 Å². The second-order valence-corrected chi connectivity index (χ2v) is 9.99. The van der Waals surface area contributed by atoms with Crippen molar-refractivity contribution in [2.75, 3.05) is 30.0 Å². The summed E-state index contributed by atoms with van der Waals surface area (Å²) in [5.41, 5.74) is 9.48. The van der Waals surface area contributed by atoms with Gasteiger partial charge in [-0.15, -0.1) is 0 Å². The molecule has 2 aromatic heterocycles. The maximum absolute atomic E-state index is 14.8. The summed E-state index contributed by atoms with van der Waals surface area (Å²) in [7, 11) is 0. The lowest BCUT2D eigenvalue weighted by atomic mass is 9.76. The molecule has 0 bridgehead atoms. The van der Waals surface area contributed by atoms with Crippen molar-refractivity contribution in [1.29, 1.82) is 0 Å². The van der Waals surface area contributed by atoms with Gasteiger partial charge in [-0.1, -0.05) is 6.92 Å². The quantitative estimate of drug-likeness (QED) is 0.576. The molecular weight excluding hydrogens is 445 g/mol. The zero-order chi connectivity index (χ0) is 24.5. The molecule has 1 unspecified atom stereocenters. The molecule has 1 amide bonds. The van der Waals surface area contributed by atoms with Crippen LogP contribution < -0.4 is 16.0 Å². The first-order valence-corrected chi connectivity index (χ1v) is 12.3. The molecule has 1 aromatic carbocycles. The molecule has 35 heavy (non-hydrogen) atoms. The van der Waals surface area contributed by atoms with Crippen molar-refractivity contribution < 1.29 is 13.9 Å². The normalized spacial score (nSPS) is 25.0. The first-order valence-electron chi connectivity index (χ1n) is 12.3. The van der Waals surface area contributed by atoms with E-state index in [0.717, 1.165) is 30.5 Å². The van der Waals surface area contributed by atoms with Crippen LogP contribution in [0.3, 0.4) is 0 Å². The van der Waals surface area contributed by atoms with Gasteiger partial charge in [0.2, 0.25) is 0 Å². The lowest BCUT2D eigenvalue weighted by Crippen LogP contribution is -2.43. The average molecular weight is 478 g/mol. The highest BCUT2D eigenvalue weighted by Gasteiger charge is 2.28. The third kappa shape index (κ3) is 4.86. The van der Waals surface area contributed by atoms with Gasteiger partial charge in [0.05, 0.1) is 48.1 Å². The van der Waals surface area contributed by atoms with Gasteiger partial charge in [0.1, 0.15) is 5.82 Å². The van der Waals surface area contributed by atoms with Crippen LogP contribution in [0.15, 0.2) is 42.9 Å². The number of morpholine rings is 1. The molecule has 3 aromatic rings. The molecule has 1 aliphatic heterocycles. The summed E-state index contributed by atoms with van der Waals surface area (Å²) in [6.07, 6.45) is 8.04. The highest BCUT2D eigenvalue weighted by Crippen LogP contribution is 2.38. The highest BCUT2D eigenvalue weighted by molar-refractivity contribution is 6.12. The summed E-state index contributed by atoms with van der Waals surface area (Å²) < 4.78 is 20.4. The zero-order valence-corrected chi connectivity index (χ0v) is 20.2. The summed E-state index contributed by atoms with van der Waals surface area (Å²) in [6, 6.07) is 6.87. The van der Waals surface area contributed by atoms with Crippen LogP contribution in [-0.4, -0.2) is 47.7 Å². The Kier molecular flexibility index (Phi) is 6.67. The second kappa shape index (κ2) is 9.87. The number of pyridine rings is 2. The second-order valence-electron chi connectivity index (χ2n) is 9.99. The number of hydrogen-bond acceptors (Lipinski definition) is 6. The number of ether oxygens (including phenoxy) is 1. The summed E-state index contributed by atoms with van der Waals surface area (Å²) in [4.78, 5) is 24.3. The molecule has 2 fully saturated rings. The van der Waals surface area contributed by atoms with E-state index in [9.17, 15) is 9.18 Å². The summed E-state index contributed by atoms with van der Waals surface area (Å²) in [5, 5.41) is 3.35. The standard InChI is InChI=1S/C27H32FN5O2/c1-16-9-18(11-19(29)10-16)21-5-6-30-14-25(21)32-27(34)22-3-4-24(28)23-12-20(13-31-26(22)23)33-7-8-35-15-17(33)2/h3-6,12-14,16-19H,7-11,15,29H2,1-2H3,(H,32,34)/t16-,17?,18+,19-/m0/s1. The fraction of sp³-hybridized carbons (Fsp3) is 0.444. The topological polar surface area (TPSA) is 93.4 Å². The van der Waals surface area contributed by atoms with Crippen LogP contribution in [0, 0.1) is 11.7 Å². The van der Waals surface area contributed by atoms with Gasteiger partial charge in [0.25, 0.3) is 5.91 Å². The number of carbonyl (C=O) groups is 1. The minimum absolute atomic E-state index is 0.147. The number of nitrogens with one attached hydrogen (secondary N) is 1. The molecule has 3 N–H and O–H groups in total. The molecule has 3 heterocycles. The van der Waals surface area contributed by atoms with Crippen LogP contribution >= 0.6 is 0 Å². The Morgan fingerprint density at radius 1 is 1.20 bits per heavy atom. The van der Waals surface area contributed by atoms with Crippen LogP contribution in [-0.2, 0) is 4.74 Å². The summed E-state index contributed by atoms with van der Waals surface area (Å²) in [5.74, 6) is 0.0405. The number of halogens is 1. The smallest absolute Gasteiger partial charge is 0.257 e. The Morgan fingerprint density at radius 3 is 2.86 bits per heavy atom. The fourth-order valence-electron chi connectivity index (χ4n) is 5.59. The molecule has 4 atom stereocenters. The zero-order valence-electron chi connectivity index (χ0n) is 20.2. The van der Waals surface area contributed by atoms with E-state index >= 15 is 0 Å². The Bertz CT molecular complexity index is 1230. The molecule has 5 rings (SSSR count). The van der Waals surface area contributed by atoms with Crippen LogP contribution in [0.2, 0.25) is 0 Å². The molecule has 1 saturated carbocycles. The SMILES string of the molecule is CC1COCCN1c1cnc2c(C(=O)Nc3cnccc3[C@@H]3C[C@H](C)C[C@H](N)C3)ccc(F)c2c1. The molecule has 8 heteroatoms. The molecular formula is C27H32FN5O2. The van der Waals surface area contributed by atoms with Gasteiger partial charge < -0.3 is 20.7 Å². The van der Waals surface area contributed by atoms with Crippen molar-refractivity contribution in [2.24, 2.45) is 11.7 Å². The molecule has 0 spiro atoms. The average Bonchev–Trinajstić information content (AvgIpc) is 2.84. The van der Waals surface area contributed by atoms with Crippen molar-refractivity contribution in [2.45, 2.75) is 51.1 Å². The van der Waals surface area contributed by atoms with Gasteiger partial charge in [0, 0.05) is 30.2 Å².